The van der Waals surface area contributed by atoms with E-state index in [1.807, 2.05) is 42.5 Å². The number of carbonyl (C=O) groups excluding carboxylic acids is 3. The molecule has 3 aromatic carbocycles. The molecule has 0 unspecified atom stereocenters. The molecule has 0 aliphatic rings. The van der Waals surface area contributed by atoms with E-state index in [0.29, 0.717) is 24.3 Å². The molecule has 3 rings (SSSR count). The lowest BCUT2D eigenvalue weighted by Gasteiger charge is -2.18. The highest BCUT2D eigenvalue weighted by Crippen LogP contribution is 2.28. The molecule has 0 heterocycles. The highest BCUT2D eigenvalue weighted by Gasteiger charge is 2.17. The smallest absolute Gasteiger partial charge is 0.286 e. The van der Waals surface area contributed by atoms with Crippen molar-refractivity contribution in [2.24, 2.45) is 5.73 Å². The highest BCUT2D eigenvalue weighted by molar-refractivity contribution is 8.14. The summed E-state index contributed by atoms with van der Waals surface area (Å²) in [7, 11) is 1.68. The van der Waals surface area contributed by atoms with Gasteiger partial charge in [0.05, 0.1) is 22.2 Å². The molecule has 7 nitrogen and oxygen atoms in total. The quantitative estimate of drug-likeness (QED) is 0.482. The van der Waals surface area contributed by atoms with E-state index in [0.717, 1.165) is 28.2 Å². The molecule has 0 spiro atoms. The predicted octanol–water partition coefficient (Wildman–Crippen LogP) is 4.11. The van der Waals surface area contributed by atoms with E-state index in [4.69, 9.17) is 17.3 Å². The van der Waals surface area contributed by atoms with Crippen molar-refractivity contribution >= 4 is 62.6 Å². The van der Waals surface area contributed by atoms with E-state index in [2.05, 4.69) is 10.6 Å². The van der Waals surface area contributed by atoms with Crippen molar-refractivity contribution in [3.05, 3.63) is 71.2 Å². The number of carbonyl (C=O) groups is 3. The van der Waals surface area contributed by atoms with Crippen molar-refractivity contribution in [2.45, 2.75) is 0 Å². The van der Waals surface area contributed by atoms with Gasteiger partial charge in [-0.15, -0.1) is 0 Å². The second-order valence-corrected chi connectivity index (χ2v) is 8.23. The van der Waals surface area contributed by atoms with Crippen LogP contribution in [0.25, 0.3) is 10.8 Å². The summed E-state index contributed by atoms with van der Waals surface area (Å²) < 4.78 is 0. The molecular weight excluding hydrogens is 448 g/mol. The Labute approximate surface area is 195 Å². The summed E-state index contributed by atoms with van der Waals surface area (Å²) in [5, 5.41) is 7.27. The van der Waals surface area contributed by atoms with Gasteiger partial charge in [0.2, 0.25) is 5.91 Å². The Balaban J connectivity index is 1.58. The summed E-state index contributed by atoms with van der Waals surface area (Å²) in [5.74, 6) is -0.757. The minimum Gasteiger partial charge on any atom is -0.351 e. The molecule has 3 aromatic rings. The van der Waals surface area contributed by atoms with Crippen molar-refractivity contribution in [2.75, 3.05) is 36.1 Å². The van der Waals surface area contributed by atoms with Crippen LogP contribution in [-0.2, 0) is 4.79 Å². The van der Waals surface area contributed by atoms with Gasteiger partial charge < -0.3 is 21.3 Å². The number of nitrogens with one attached hydrogen (secondary N) is 2. The molecule has 0 bridgehead atoms. The summed E-state index contributed by atoms with van der Waals surface area (Å²) in [6.45, 7) is 0.688. The molecule has 0 aliphatic heterocycles. The Morgan fingerprint density at radius 2 is 1.81 bits per heavy atom. The Bertz CT molecular complexity index is 1150. The first-order valence-electron chi connectivity index (χ1n) is 9.86. The molecule has 0 atom stereocenters. The number of benzene rings is 3. The number of amides is 3. The maximum absolute atomic E-state index is 12.6. The van der Waals surface area contributed by atoms with Crippen LogP contribution in [-0.4, -0.2) is 42.9 Å². The second kappa shape index (κ2) is 11.0. The van der Waals surface area contributed by atoms with Gasteiger partial charge in [-0.2, -0.15) is 0 Å². The summed E-state index contributed by atoms with van der Waals surface area (Å²) in [5.41, 5.74) is 6.87. The Kier molecular flexibility index (Phi) is 8.10. The van der Waals surface area contributed by atoms with E-state index >= 15 is 0 Å². The van der Waals surface area contributed by atoms with Gasteiger partial charge in [-0.25, -0.2) is 0 Å². The zero-order valence-corrected chi connectivity index (χ0v) is 19.0. The van der Waals surface area contributed by atoms with Crippen LogP contribution in [0, 0.1) is 0 Å². The Morgan fingerprint density at radius 3 is 2.56 bits per heavy atom. The third-order valence-electron chi connectivity index (χ3n) is 4.66. The number of hydrogen-bond donors (Lipinski definition) is 3. The first kappa shape index (κ1) is 23.6. The molecule has 0 aromatic heterocycles. The molecule has 0 fully saturated rings. The van der Waals surface area contributed by atoms with Crippen LogP contribution in [0.2, 0.25) is 5.02 Å². The minimum atomic E-state index is -0.378. The first-order valence-corrected chi connectivity index (χ1v) is 11.2. The predicted molar refractivity (Wildman–Crippen MR) is 132 cm³/mol. The largest absolute Gasteiger partial charge is 0.351 e. The van der Waals surface area contributed by atoms with Gasteiger partial charge in [-0.05, 0) is 29.7 Å². The molecule has 32 heavy (non-hydrogen) atoms. The molecule has 3 amide bonds. The molecule has 4 N–H and O–H groups in total. The van der Waals surface area contributed by atoms with Crippen LogP contribution in [0.4, 0.5) is 16.2 Å². The SMILES string of the molecule is CN(C(=O)SCC(=O)Nc1ccc(C(=O)NCCN)cc1Cl)c1cccc2ccccc12. The zero-order chi connectivity index (χ0) is 23.1. The molecule has 0 saturated carbocycles. The van der Waals surface area contributed by atoms with E-state index in [9.17, 15) is 14.4 Å². The Morgan fingerprint density at radius 1 is 1.06 bits per heavy atom. The molecule has 0 saturated heterocycles. The van der Waals surface area contributed by atoms with Crippen LogP contribution >= 0.6 is 23.4 Å². The highest BCUT2D eigenvalue weighted by atomic mass is 35.5. The van der Waals surface area contributed by atoms with Gasteiger partial charge >= 0.3 is 0 Å². The number of thioether (sulfide) groups is 1. The molecule has 0 aliphatic carbocycles. The fourth-order valence-electron chi connectivity index (χ4n) is 3.06. The zero-order valence-electron chi connectivity index (χ0n) is 17.4. The third-order valence-corrected chi connectivity index (χ3v) is 5.90. The van der Waals surface area contributed by atoms with E-state index in [1.165, 1.54) is 11.0 Å². The van der Waals surface area contributed by atoms with Crippen LogP contribution in [0.5, 0.6) is 0 Å². The van der Waals surface area contributed by atoms with E-state index in [-0.39, 0.29) is 27.8 Å². The fraction of sp³-hybridized carbons (Fsp3) is 0.174. The number of fused-ring (bicyclic) bond motifs is 1. The van der Waals surface area contributed by atoms with Crippen molar-refractivity contribution in [1.29, 1.82) is 0 Å². The summed E-state index contributed by atoms with van der Waals surface area (Å²) >= 11 is 7.09. The summed E-state index contributed by atoms with van der Waals surface area (Å²) in [6.07, 6.45) is 0. The molecule has 166 valence electrons. The normalized spacial score (nSPS) is 10.6. The molecular formula is C23H23ClN4O3S. The van der Waals surface area contributed by atoms with Gasteiger partial charge in [0.25, 0.3) is 11.1 Å². The topological polar surface area (TPSA) is 105 Å². The lowest BCUT2D eigenvalue weighted by atomic mass is 10.1. The second-order valence-electron chi connectivity index (χ2n) is 6.90. The third kappa shape index (κ3) is 5.79. The average molecular weight is 471 g/mol. The van der Waals surface area contributed by atoms with Gasteiger partial charge in [-0.1, -0.05) is 59.8 Å². The number of hydrogen-bond acceptors (Lipinski definition) is 5. The maximum Gasteiger partial charge on any atom is 0.286 e. The van der Waals surface area contributed by atoms with Crippen LogP contribution < -0.4 is 21.3 Å². The van der Waals surface area contributed by atoms with Crippen LogP contribution in [0.15, 0.2) is 60.7 Å². The summed E-state index contributed by atoms with van der Waals surface area (Å²) in [4.78, 5) is 38.5. The number of halogens is 1. The van der Waals surface area contributed by atoms with Crippen LogP contribution in [0.1, 0.15) is 10.4 Å². The fourth-order valence-corrected chi connectivity index (χ4v) is 3.90. The van der Waals surface area contributed by atoms with Crippen molar-refractivity contribution < 1.29 is 14.4 Å². The number of nitrogens with zero attached hydrogens (tertiary/aromatic N) is 1. The lowest BCUT2D eigenvalue weighted by molar-refractivity contribution is -0.113. The number of nitrogens with two attached hydrogens (primary N) is 1. The van der Waals surface area contributed by atoms with Crippen LogP contribution in [0.3, 0.4) is 0 Å². The van der Waals surface area contributed by atoms with Gasteiger partial charge in [-0.3, -0.25) is 14.4 Å². The monoisotopic (exact) mass is 470 g/mol. The lowest BCUT2D eigenvalue weighted by Crippen LogP contribution is -2.29. The first-order chi connectivity index (χ1) is 15.4. The van der Waals surface area contributed by atoms with E-state index < -0.39 is 0 Å². The standard InChI is InChI=1S/C23H23ClN4O3S/c1-28(20-8-4-6-15-5-2-3-7-17(15)20)23(31)32-14-21(29)27-19-10-9-16(13-18(19)24)22(30)26-12-11-25/h2-10,13H,11-12,14,25H2,1H3,(H,26,30)(H,27,29). The summed E-state index contributed by atoms with van der Waals surface area (Å²) in [6, 6.07) is 18.1. The number of rotatable bonds is 7. The minimum absolute atomic E-state index is 0.0804. The van der Waals surface area contributed by atoms with Gasteiger partial charge in [0, 0.05) is 31.1 Å². The van der Waals surface area contributed by atoms with Gasteiger partial charge in [0.15, 0.2) is 0 Å². The molecule has 9 heteroatoms. The average Bonchev–Trinajstić information content (AvgIpc) is 2.81. The van der Waals surface area contributed by atoms with Gasteiger partial charge in [0.1, 0.15) is 0 Å². The number of anilines is 2. The maximum atomic E-state index is 12.6. The molecule has 0 radical (unpaired) electrons. The van der Waals surface area contributed by atoms with Crippen molar-refractivity contribution in [3.63, 3.8) is 0 Å². The van der Waals surface area contributed by atoms with E-state index in [1.54, 1.807) is 19.2 Å². The van der Waals surface area contributed by atoms with Crippen molar-refractivity contribution in [1.82, 2.24) is 5.32 Å². The Hall–Kier alpha value is -3.07. The van der Waals surface area contributed by atoms with Crippen molar-refractivity contribution in [3.8, 4) is 0 Å².